The van der Waals surface area contributed by atoms with E-state index in [1.807, 2.05) is 0 Å². The van der Waals surface area contributed by atoms with E-state index in [0.717, 1.165) is 7.11 Å². The average molecular weight is 184 g/mol. The molecule has 0 radical (unpaired) electrons. The molecule has 0 spiro atoms. The quantitative estimate of drug-likeness (QED) is 0.607. The molecule has 0 aliphatic heterocycles. The van der Waals surface area contributed by atoms with Crippen molar-refractivity contribution in [1.29, 1.82) is 0 Å². The summed E-state index contributed by atoms with van der Waals surface area (Å²) in [6.45, 7) is 5.30. The molecule has 0 rings (SSSR count). The van der Waals surface area contributed by atoms with Crippen LogP contribution in [0, 0.1) is 0 Å². The monoisotopic (exact) mass is 184 g/mol. The van der Waals surface area contributed by atoms with Crippen LogP contribution in [0.2, 0.25) is 19.6 Å². The van der Waals surface area contributed by atoms with E-state index >= 15 is 0 Å². The Kier molecular flexibility index (Phi) is 3.02. The second-order valence-corrected chi connectivity index (χ2v) is 8.81. The van der Waals surface area contributed by atoms with Crippen LogP contribution < -0.4 is 0 Å². The van der Waals surface area contributed by atoms with Gasteiger partial charge in [0.1, 0.15) is 0 Å². The summed E-state index contributed by atoms with van der Waals surface area (Å²) in [5.41, 5.74) is 0. The van der Waals surface area contributed by atoms with E-state index in [-0.39, 0.29) is 0 Å². The molecule has 0 aromatic rings. The van der Waals surface area contributed by atoms with Crippen LogP contribution in [0.4, 0.5) is 0 Å². The van der Waals surface area contributed by atoms with E-state index in [2.05, 4.69) is 8.06 Å². The van der Waals surface area contributed by atoms with Crippen molar-refractivity contribution in [2.75, 3.05) is 7.11 Å². The Morgan fingerprint density at radius 3 is 1.70 bits per heavy atom. The van der Waals surface area contributed by atoms with Gasteiger partial charge in [-0.3, -0.25) is 8.06 Å². The maximum Gasteiger partial charge on any atom is 0.389 e. The molecule has 0 aliphatic rings. The Hall–Kier alpha value is 0.0869. The molecule has 0 aliphatic carbocycles. The Morgan fingerprint density at radius 2 is 1.60 bits per heavy atom. The summed E-state index contributed by atoms with van der Waals surface area (Å²) in [6.07, 6.45) is 0. The Labute approximate surface area is 62.6 Å². The Bertz CT molecular complexity index is 190. The summed E-state index contributed by atoms with van der Waals surface area (Å²) in [5, 5.41) is 0. The van der Waals surface area contributed by atoms with Gasteiger partial charge in [-0.15, -0.1) is 0 Å². The third kappa shape index (κ3) is 4.92. The lowest BCUT2D eigenvalue weighted by Crippen LogP contribution is -2.29. The van der Waals surface area contributed by atoms with Gasteiger partial charge in [0.05, 0.1) is 7.11 Å². The van der Waals surface area contributed by atoms with Gasteiger partial charge in [0, 0.05) is 0 Å². The molecule has 62 valence electrons. The van der Waals surface area contributed by atoms with Crippen LogP contribution in [0.25, 0.3) is 0 Å². The van der Waals surface area contributed by atoms with Gasteiger partial charge in [0.25, 0.3) is 0 Å². The van der Waals surface area contributed by atoms with Crippen LogP contribution in [0.3, 0.4) is 0 Å². The van der Waals surface area contributed by atoms with Crippen molar-refractivity contribution in [2.24, 2.45) is 0 Å². The predicted octanol–water partition coefficient (Wildman–Crippen LogP) is 0.729. The van der Waals surface area contributed by atoms with Gasteiger partial charge >= 0.3 is 10.4 Å². The smallest absolute Gasteiger partial charge is 0.294 e. The highest BCUT2D eigenvalue weighted by Crippen LogP contribution is 2.07. The van der Waals surface area contributed by atoms with Crippen molar-refractivity contribution in [1.82, 2.24) is 0 Å². The largest absolute Gasteiger partial charge is 0.389 e. The van der Waals surface area contributed by atoms with Crippen LogP contribution in [-0.4, -0.2) is 23.8 Å². The molecule has 0 aromatic heterocycles. The van der Waals surface area contributed by atoms with E-state index in [1.165, 1.54) is 0 Å². The molecule has 0 bridgehead atoms. The minimum atomic E-state index is -3.72. The van der Waals surface area contributed by atoms with Crippen molar-refractivity contribution in [3.63, 3.8) is 0 Å². The molecule has 0 atom stereocenters. The molecule has 4 nitrogen and oxygen atoms in total. The fraction of sp³-hybridized carbons (Fsp3) is 1.00. The summed E-state index contributed by atoms with van der Waals surface area (Å²) in [6, 6.07) is 0. The lowest BCUT2D eigenvalue weighted by molar-refractivity contribution is 0.329. The van der Waals surface area contributed by atoms with Gasteiger partial charge < -0.3 is 0 Å². The molecular weight excluding hydrogens is 172 g/mol. The molecule has 0 saturated carbocycles. The highest BCUT2D eigenvalue weighted by atomic mass is 32.3. The summed E-state index contributed by atoms with van der Waals surface area (Å²) < 4.78 is 30.0. The predicted molar refractivity (Wildman–Crippen MR) is 40.4 cm³/mol. The summed E-state index contributed by atoms with van der Waals surface area (Å²) in [4.78, 5) is 0. The van der Waals surface area contributed by atoms with Crippen LogP contribution in [0.1, 0.15) is 0 Å². The zero-order valence-corrected chi connectivity index (χ0v) is 8.36. The maximum atomic E-state index is 10.6. The number of hydrogen-bond donors (Lipinski definition) is 0. The molecular formula is C4H12O4SSi. The van der Waals surface area contributed by atoms with Crippen molar-refractivity contribution < 1.29 is 16.5 Å². The molecule has 0 fully saturated rings. The van der Waals surface area contributed by atoms with Crippen LogP contribution in [0.5, 0.6) is 0 Å². The van der Waals surface area contributed by atoms with Gasteiger partial charge in [-0.25, -0.2) is 0 Å². The first kappa shape index (κ1) is 10.1. The maximum absolute atomic E-state index is 10.6. The number of rotatable bonds is 3. The SMILES string of the molecule is COS(=O)(=O)O[Si](C)(C)C. The minimum Gasteiger partial charge on any atom is -0.294 e. The first-order valence-corrected chi connectivity index (χ1v) is 7.52. The fourth-order valence-corrected chi connectivity index (χ4v) is 3.06. The molecule has 10 heavy (non-hydrogen) atoms. The zero-order chi connectivity index (χ0) is 8.41. The van der Waals surface area contributed by atoms with Gasteiger partial charge in [0.2, 0.25) is 8.32 Å². The van der Waals surface area contributed by atoms with Gasteiger partial charge in [-0.05, 0) is 19.6 Å². The van der Waals surface area contributed by atoms with Crippen molar-refractivity contribution in [3.8, 4) is 0 Å². The minimum absolute atomic E-state index is 1.08. The lowest BCUT2D eigenvalue weighted by atomic mass is 11.8. The molecule has 0 amide bonds. The summed E-state index contributed by atoms with van der Waals surface area (Å²) in [7, 11) is -4.66. The third-order valence-electron chi connectivity index (χ3n) is 0.556. The first-order chi connectivity index (χ1) is 4.27. The summed E-state index contributed by atoms with van der Waals surface area (Å²) in [5.74, 6) is 0. The van der Waals surface area contributed by atoms with Gasteiger partial charge in [-0.1, -0.05) is 0 Å². The molecule has 6 heteroatoms. The standard InChI is InChI=1S/C4H12O4SSi/c1-7-9(5,6)8-10(2,3)4/h1-4H3. The highest BCUT2D eigenvalue weighted by Gasteiger charge is 2.23. The van der Waals surface area contributed by atoms with E-state index in [0.29, 0.717) is 0 Å². The van der Waals surface area contributed by atoms with Crippen LogP contribution >= 0.6 is 0 Å². The third-order valence-corrected chi connectivity index (χ3v) is 3.78. The Balaban J connectivity index is 4.18. The van der Waals surface area contributed by atoms with Crippen LogP contribution in [-0.2, 0) is 18.5 Å². The lowest BCUT2D eigenvalue weighted by Gasteiger charge is -2.14. The van der Waals surface area contributed by atoms with Gasteiger partial charge in [-0.2, -0.15) is 8.42 Å². The van der Waals surface area contributed by atoms with Crippen molar-refractivity contribution >= 4 is 18.7 Å². The van der Waals surface area contributed by atoms with E-state index in [1.54, 1.807) is 19.6 Å². The topological polar surface area (TPSA) is 52.6 Å². The first-order valence-electron chi connectivity index (χ1n) is 2.78. The summed E-state index contributed by atoms with van der Waals surface area (Å²) >= 11 is 0. The second kappa shape index (κ2) is 2.99. The van der Waals surface area contributed by atoms with Crippen LogP contribution in [0.15, 0.2) is 0 Å². The zero-order valence-electron chi connectivity index (χ0n) is 6.54. The molecule has 0 heterocycles. The Morgan fingerprint density at radius 1 is 1.20 bits per heavy atom. The fourth-order valence-electron chi connectivity index (χ4n) is 0.340. The van der Waals surface area contributed by atoms with Gasteiger partial charge in [0.15, 0.2) is 0 Å². The normalized spacial score (nSPS) is 13.6. The van der Waals surface area contributed by atoms with Crippen molar-refractivity contribution in [3.05, 3.63) is 0 Å². The molecule has 0 N–H and O–H groups in total. The van der Waals surface area contributed by atoms with E-state index in [4.69, 9.17) is 0 Å². The average Bonchev–Trinajstić information content (AvgIpc) is 1.60. The highest BCUT2D eigenvalue weighted by molar-refractivity contribution is 7.83. The van der Waals surface area contributed by atoms with E-state index < -0.39 is 18.7 Å². The van der Waals surface area contributed by atoms with E-state index in [9.17, 15) is 8.42 Å². The molecule has 0 aromatic carbocycles. The molecule has 0 saturated heterocycles. The second-order valence-electron chi connectivity index (χ2n) is 2.77. The van der Waals surface area contributed by atoms with Crippen molar-refractivity contribution in [2.45, 2.75) is 19.6 Å². The molecule has 0 unspecified atom stereocenters. The number of hydrogen-bond acceptors (Lipinski definition) is 4.